The van der Waals surface area contributed by atoms with Crippen molar-refractivity contribution < 1.29 is 0 Å². The van der Waals surface area contributed by atoms with Crippen molar-refractivity contribution in [1.82, 2.24) is 4.90 Å². The van der Waals surface area contributed by atoms with Gasteiger partial charge in [0.05, 0.1) is 0 Å². The molecule has 0 bridgehead atoms. The molecule has 0 atom stereocenters. The standard InChI is InChI=1S/C18H25N3/c1-15-17(19)10-6-11-18(15)20-12-7-13-21(2)14-16-8-4-3-5-9-16/h3-6,8-11,20H,7,12-14,19H2,1-2H3. The molecule has 112 valence electrons. The number of nitrogens with two attached hydrogens (primary N) is 1. The number of nitrogens with zero attached hydrogens (tertiary/aromatic N) is 1. The van der Waals surface area contributed by atoms with Crippen molar-refractivity contribution in [3.05, 3.63) is 59.7 Å². The van der Waals surface area contributed by atoms with E-state index in [4.69, 9.17) is 5.73 Å². The van der Waals surface area contributed by atoms with Gasteiger partial charge in [-0.15, -0.1) is 0 Å². The van der Waals surface area contributed by atoms with Gasteiger partial charge in [0.15, 0.2) is 0 Å². The molecule has 0 saturated carbocycles. The Balaban J connectivity index is 1.71. The number of rotatable bonds is 7. The highest BCUT2D eigenvalue weighted by Gasteiger charge is 2.02. The van der Waals surface area contributed by atoms with Crippen molar-refractivity contribution in [1.29, 1.82) is 0 Å². The number of hydrogen-bond acceptors (Lipinski definition) is 3. The molecule has 0 fully saturated rings. The van der Waals surface area contributed by atoms with E-state index in [0.717, 1.165) is 43.0 Å². The largest absolute Gasteiger partial charge is 0.398 e. The second-order valence-corrected chi connectivity index (χ2v) is 5.52. The first-order valence-electron chi connectivity index (χ1n) is 7.48. The maximum absolute atomic E-state index is 5.91. The van der Waals surface area contributed by atoms with Gasteiger partial charge in [-0.1, -0.05) is 36.4 Å². The van der Waals surface area contributed by atoms with Crippen LogP contribution in [-0.4, -0.2) is 25.0 Å². The minimum Gasteiger partial charge on any atom is -0.398 e. The molecule has 21 heavy (non-hydrogen) atoms. The molecule has 2 rings (SSSR count). The van der Waals surface area contributed by atoms with Crippen LogP contribution in [0.25, 0.3) is 0 Å². The quantitative estimate of drug-likeness (QED) is 0.603. The van der Waals surface area contributed by atoms with Gasteiger partial charge in [0.25, 0.3) is 0 Å². The Morgan fingerprint density at radius 2 is 1.81 bits per heavy atom. The molecule has 2 aromatic carbocycles. The summed E-state index contributed by atoms with van der Waals surface area (Å²) in [6, 6.07) is 16.6. The van der Waals surface area contributed by atoms with Crippen LogP contribution in [0.3, 0.4) is 0 Å². The number of anilines is 2. The van der Waals surface area contributed by atoms with Crippen molar-refractivity contribution in [2.24, 2.45) is 0 Å². The summed E-state index contributed by atoms with van der Waals surface area (Å²) in [5.41, 5.74) is 10.4. The van der Waals surface area contributed by atoms with Crippen LogP contribution in [0, 0.1) is 6.92 Å². The zero-order chi connectivity index (χ0) is 15.1. The lowest BCUT2D eigenvalue weighted by Gasteiger charge is -2.17. The van der Waals surface area contributed by atoms with Gasteiger partial charge in [0.2, 0.25) is 0 Å². The normalized spacial score (nSPS) is 10.8. The van der Waals surface area contributed by atoms with E-state index in [1.54, 1.807) is 0 Å². The summed E-state index contributed by atoms with van der Waals surface area (Å²) in [4.78, 5) is 2.35. The number of hydrogen-bond donors (Lipinski definition) is 2. The summed E-state index contributed by atoms with van der Waals surface area (Å²) in [7, 11) is 2.17. The molecule has 3 nitrogen and oxygen atoms in total. The van der Waals surface area contributed by atoms with Gasteiger partial charge < -0.3 is 16.0 Å². The first-order valence-corrected chi connectivity index (χ1v) is 7.48. The molecule has 0 saturated heterocycles. The van der Waals surface area contributed by atoms with Crippen LogP contribution in [0.2, 0.25) is 0 Å². The maximum atomic E-state index is 5.91. The monoisotopic (exact) mass is 283 g/mol. The molecule has 3 heteroatoms. The highest BCUT2D eigenvalue weighted by atomic mass is 15.1. The zero-order valence-corrected chi connectivity index (χ0v) is 13.0. The molecule has 0 aromatic heterocycles. The minimum absolute atomic E-state index is 0.848. The van der Waals surface area contributed by atoms with Gasteiger partial charge in [-0.2, -0.15) is 0 Å². The van der Waals surface area contributed by atoms with E-state index in [2.05, 4.69) is 60.6 Å². The summed E-state index contributed by atoms with van der Waals surface area (Å²) in [6.45, 7) is 5.09. The van der Waals surface area contributed by atoms with E-state index in [-0.39, 0.29) is 0 Å². The first kappa shape index (κ1) is 15.4. The Bertz CT molecular complexity index is 552. The second-order valence-electron chi connectivity index (χ2n) is 5.52. The third-order valence-electron chi connectivity index (χ3n) is 3.70. The fourth-order valence-corrected chi connectivity index (χ4v) is 2.39. The van der Waals surface area contributed by atoms with Gasteiger partial charge in [0.1, 0.15) is 0 Å². The molecule has 0 heterocycles. The van der Waals surface area contributed by atoms with Crippen molar-refractivity contribution in [3.8, 4) is 0 Å². The molecule has 0 amide bonds. The molecule has 0 aliphatic rings. The van der Waals surface area contributed by atoms with E-state index >= 15 is 0 Å². The van der Waals surface area contributed by atoms with Crippen LogP contribution in [0.4, 0.5) is 11.4 Å². The molecule has 0 spiro atoms. The summed E-state index contributed by atoms with van der Waals surface area (Å²) in [5.74, 6) is 0. The Labute approximate surface area is 127 Å². The van der Waals surface area contributed by atoms with E-state index < -0.39 is 0 Å². The highest BCUT2D eigenvalue weighted by molar-refractivity contribution is 5.62. The average molecular weight is 283 g/mol. The zero-order valence-electron chi connectivity index (χ0n) is 13.0. The number of benzene rings is 2. The smallest absolute Gasteiger partial charge is 0.0390 e. The Hall–Kier alpha value is -2.00. The van der Waals surface area contributed by atoms with Crippen LogP contribution in [0.5, 0.6) is 0 Å². The van der Waals surface area contributed by atoms with E-state index in [0.29, 0.717) is 0 Å². The first-order chi connectivity index (χ1) is 10.2. The predicted molar refractivity (Wildman–Crippen MR) is 91.5 cm³/mol. The summed E-state index contributed by atoms with van der Waals surface area (Å²) in [6.07, 6.45) is 1.11. The van der Waals surface area contributed by atoms with Gasteiger partial charge in [-0.25, -0.2) is 0 Å². The molecule has 0 unspecified atom stereocenters. The number of nitrogens with one attached hydrogen (secondary N) is 1. The van der Waals surface area contributed by atoms with E-state index in [1.807, 2.05) is 12.1 Å². The second kappa shape index (κ2) is 7.70. The lowest BCUT2D eigenvalue weighted by Crippen LogP contribution is -2.21. The van der Waals surface area contributed by atoms with Crippen molar-refractivity contribution in [2.75, 3.05) is 31.2 Å². The van der Waals surface area contributed by atoms with Gasteiger partial charge in [-0.05, 0) is 50.2 Å². The molecule has 0 aliphatic carbocycles. The summed E-state index contributed by atoms with van der Waals surface area (Å²) >= 11 is 0. The van der Waals surface area contributed by atoms with Crippen LogP contribution in [0.1, 0.15) is 17.5 Å². The fraction of sp³-hybridized carbons (Fsp3) is 0.333. The Morgan fingerprint density at radius 1 is 1.05 bits per heavy atom. The topological polar surface area (TPSA) is 41.3 Å². The van der Waals surface area contributed by atoms with Crippen LogP contribution >= 0.6 is 0 Å². The van der Waals surface area contributed by atoms with E-state index in [1.165, 1.54) is 5.56 Å². The van der Waals surface area contributed by atoms with Gasteiger partial charge in [-0.3, -0.25) is 0 Å². The van der Waals surface area contributed by atoms with Crippen LogP contribution in [0.15, 0.2) is 48.5 Å². The van der Waals surface area contributed by atoms with Gasteiger partial charge in [0, 0.05) is 24.5 Å². The predicted octanol–water partition coefficient (Wildman–Crippen LogP) is 3.51. The molecular formula is C18H25N3. The molecule has 0 aliphatic heterocycles. The SMILES string of the molecule is Cc1c(N)cccc1NCCCN(C)Cc1ccccc1. The van der Waals surface area contributed by atoms with Crippen LogP contribution in [-0.2, 0) is 6.54 Å². The average Bonchev–Trinajstić information content (AvgIpc) is 2.49. The van der Waals surface area contributed by atoms with Crippen LogP contribution < -0.4 is 11.1 Å². The third kappa shape index (κ3) is 4.80. The van der Waals surface area contributed by atoms with Gasteiger partial charge >= 0.3 is 0 Å². The summed E-state index contributed by atoms with van der Waals surface area (Å²) in [5, 5.41) is 3.47. The lowest BCUT2D eigenvalue weighted by atomic mass is 10.1. The molecule has 2 aromatic rings. The Kier molecular flexibility index (Phi) is 5.64. The Morgan fingerprint density at radius 3 is 2.57 bits per heavy atom. The minimum atomic E-state index is 0.848. The molecule has 0 radical (unpaired) electrons. The third-order valence-corrected chi connectivity index (χ3v) is 3.70. The van der Waals surface area contributed by atoms with Crippen molar-refractivity contribution in [3.63, 3.8) is 0 Å². The molecule has 3 N–H and O–H groups in total. The van der Waals surface area contributed by atoms with E-state index in [9.17, 15) is 0 Å². The van der Waals surface area contributed by atoms with Crippen molar-refractivity contribution >= 4 is 11.4 Å². The summed E-state index contributed by atoms with van der Waals surface area (Å²) < 4.78 is 0. The molecular weight excluding hydrogens is 258 g/mol. The lowest BCUT2D eigenvalue weighted by molar-refractivity contribution is 0.325. The fourth-order valence-electron chi connectivity index (χ4n) is 2.39. The van der Waals surface area contributed by atoms with Crippen molar-refractivity contribution in [2.45, 2.75) is 19.9 Å². The highest BCUT2D eigenvalue weighted by Crippen LogP contribution is 2.20. The maximum Gasteiger partial charge on any atom is 0.0390 e. The number of nitrogen functional groups attached to an aromatic ring is 1.